The molecule has 2 aromatic heterocycles. The molecule has 3 nitrogen and oxygen atoms in total. The van der Waals surface area contributed by atoms with E-state index < -0.39 is 0 Å². The lowest BCUT2D eigenvalue weighted by Gasteiger charge is -2.20. The van der Waals surface area contributed by atoms with Crippen LogP contribution in [0.5, 0.6) is 0 Å². The predicted octanol–water partition coefficient (Wildman–Crippen LogP) is 5.00. The average molecular weight is 362 g/mol. The molecule has 0 spiro atoms. The number of nitrogens with zero attached hydrogens (tertiary/aromatic N) is 2. The van der Waals surface area contributed by atoms with E-state index in [1.807, 2.05) is 12.1 Å². The Morgan fingerprint density at radius 1 is 1.14 bits per heavy atom. The Morgan fingerprint density at radius 3 is 2.57 bits per heavy atom. The van der Waals surface area contributed by atoms with Crippen molar-refractivity contribution in [2.45, 2.75) is 26.2 Å². The number of hydrogen-bond acceptors (Lipinski definition) is 4. The average Bonchev–Trinajstić information content (AvgIpc) is 2.84. The number of anilines is 1. The molecule has 2 heterocycles. The fourth-order valence-corrected chi connectivity index (χ4v) is 3.94. The van der Waals surface area contributed by atoms with Gasteiger partial charge in [0.05, 0.1) is 10.2 Å². The molecule has 0 amide bonds. The second-order valence-corrected chi connectivity index (χ2v) is 7.69. The van der Waals surface area contributed by atoms with Gasteiger partial charge in [0.15, 0.2) is 5.82 Å². The highest BCUT2D eigenvalue weighted by molar-refractivity contribution is 9.10. The molecule has 1 aromatic carbocycles. The lowest BCUT2D eigenvalue weighted by atomic mass is 9.91. The zero-order valence-electron chi connectivity index (χ0n) is 12.1. The van der Waals surface area contributed by atoms with Crippen LogP contribution in [0, 0.1) is 0 Å². The van der Waals surface area contributed by atoms with Gasteiger partial charge >= 0.3 is 0 Å². The lowest BCUT2D eigenvalue weighted by Crippen LogP contribution is -2.17. The SMILES string of the molecule is CC(C)(C)c1nc(-c2csc3ccccc23)nc(N)c1Br. The summed E-state index contributed by atoms with van der Waals surface area (Å²) in [7, 11) is 0. The van der Waals surface area contributed by atoms with Crippen LogP contribution in [0.2, 0.25) is 0 Å². The largest absolute Gasteiger partial charge is 0.383 e. The third-order valence-corrected chi connectivity index (χ3v) is 5.05. The van der Waals surface area contributed by atoms with Gasteiger partial charge in [-0.05, 0) is 22.0 Å². The van der Waals surface area contributed by atoms with Crippen molar-refractivity contribution in [2.24, 2.45) is 0 Å². The first-order chi connectivity index (χ1) is 9.88. The molecule has 0 aliphatic rings. The number of thiophene rings is 1. The minimum atomic E-state index is -0.101. The number of halogens is 1. The highest BCUT2D eigenvalue weighted by Crippen LogP contribution is 2.36. The number of fused-ring (bicyclic) bond motifs is 1. The molecule has 0 bridgehead atoms. The maximum absolute atomic E-state index is 6.07. The Morgan fingerprint density at radius 2 is 1.86 bits per heavy atom. The first-order valence-electron chi connectivity index (χ1n) is 6.68. The summed E-state index contributed by atoms with van der Waals surface area (Å²) in [6, 6.07) is 8.28. The number of nitrogen functional groups attached to an aromatic ring is 1. The van der Waals surface area contributed by atoms with Crippen LogP contribution in [0.4, 0.5) is 5.82 Å². The van der Waals surface area contributed by atoms with E-state index in [1.54, 1.807) is 11.3 Å². The highest BCUT2D eigenvalue weighted by atomic mass is 79.9. The van der Waals surface area contributed by atoms with Crippen LogP contribution < -0.4 is 5.73 Å². The molecule has 3 aromatic rings. The summed E-state index contributed by atoms with van der Waals surface area (Å²) < 4.78 is 2.02. The van der Waals surface area contributed by atoms with E-state index >= 15 is 0 Å². The molecule has 0 unspecified atom stereocenters. The van der Waals surface area contributed by atoms with Gasteiger partial charge in [0, 0.05) is 26.4 Å². The number of hydrogen-bond donors (Lipinski definition) is 1. The first-order valence-corrected chi connectivity index (χ1v) is 8.35. The van der Waals surface area contributed by atoms with Gasteiger partial charge in [0.25, 0.3) is 0 Å². The maximum atomic E-state index is 6.07. The summed E-state index contributed by atoms with van der Waals surface area (Å²) >= 11 is 5.22. The third kappa shape index (κ3) is 2.56. The van der Waals surface area contributed by atoms with Crippen molar-refractivity contribution in [1.82, 2.24) is 9.97 Å². The van der Waals surface area contributed by atoms with E-state index in [-0.39, 0.29) is 5.41 Å². The van der Waals surface area contributed by atoms with Crippen molar-refractivity contribution in [1.29, 1.82) is 0 Å². The zero-order valence-corrected chi connectivity index (χ0v) is 14.5. The lowest BCUT2D eigenvalue weighted by molar-refractivity contribution is 0.565. The van der Waals surface area contributed by atoms with Crippen LogP contribution in [0.3, 0.4) is 0 Å². The van der Waals surface area contributed by atoms with Gasteiger partial charge in [-0.15, -0.1) is 11.3 Å². The van der Waals surface area contributed by atoms with Crippen molar-refractivity contribution in [3.05, 3.63) is 39.8 Å². The van der Waals surface area contributed by atoms with Gasteiger partial charge in [0.1, 0.15) is 5.82 Å². The Labute approximate surface area is 136 Å². The molecule has 0 saturated heterocycles. The van der Waals surface area contributed by atoms with Gasteiger partial charge in [-0.25, -0.2) is 9.97 Å². The van der Waals surface area contributed by atoms with E-state index in [0.717, 1.165) is 15.7 Å². The second-order valence-electron chi connectivity index (χ2n) is 5.99. The van der Waals surface area contributed by atoms with Crippen LogP contribution in [0.25, 0.3) is 21.5 Å². The minimum Gasteiger partial charge on any atom is -0.383 e. The van der Waals surface area contributed by atoms with E-state index in [1.165, 1.54) is 10.1 Å². The van der Waals surface area contributed by atoms with Crippen molar-refractivity contribution < 1.29 is 0 Å². The first kappa shape index (κ1) is 14.5. The Hall–Kier alpha value is -1.46. The fourth-order valence-electron chi connectivity index (χ4n) is 2.23. The van der Waals surface area contributed by atoms with Gasteiger partial charge in [-0.1, -0.05) is 39.0 Å². The fraction of sp³-hybridized carbons (Fsp3) is 0.250. The van der Waals surface area contributed by atoms with Crippen molar-refractivity contribution in [2.75, 3.05) is 5.73 Å². The topological polar surface area (TPSA) is 51.8 Å². The smallest absolute Gasteiger partial charge is 0.163 e. The van der Waals surface area contributed by atoms with Crippen LogP contribution in [0.1, 0.15) is 26.5 Å². The van der Waals surface area contributed by atoms with Crippen molar-refractivity contribution in [3.8, 4) is 11.4 Å². The molecule has 0 saturated carbocycles. The van der Waals surface area contributed by atoms with Gasteiger partial charge in [0.2, 0.25) is 0 Å². The third-order valence-electron chi connectivity index (χ3n) is 3.31. The van der Waals surface area contributed by atoms with E-state index in [0.29, 0.717) is 11.6 Å². The standard InChI is InChI=1S/C16H16BrN3S/c1-16(2,3)13-12(17)14(18)20-15(19-13)10-8-21-11-7-5-4-6-9(10)11/h4-8H,1-3H3,(H2,18,19,20). The maximum Gasteiger partial charge on any atom is 0.163 e. The zero-order chi connectivity index (χ0) is 15.2. The van der Waals surface area contributed by atoms with Gasteiger partial charge in [-0.2, -0.15) is 0 Å². The molecule has 3 rings (SSSR count). The Bertz CT molecular complexity index is 818. The summed E-state index contributed by atoms with van der Waals surface area (Å²) in [6.07, 6.45) is 0. The molecular weight excluding hydrogens is 346 g/mol. The van der Waals surface area contributed by atoms with Crippen molar-refractivity contribution in [3.63, 3.8) is 0 Å². The number of aromatic nitrogens is 2. The predicted molar refractivity (Wildman–Crippen MR) is 93.7 cm³/mol. The second kappa shape index (κ2) is 5.07. The minimum absolute atomic E-state index is 0.101. The molecular formula is C16H16BrN3S. The van der Waals surface area contributed by atoms with E-state index in [4.69, 9.17) is 10.7 Å². The molecule has 0 aliphatic heterocycles. The molecule has 0 radical (unpaired) electrons. The highest BCUT2D eigenvalue weighted by Gasteiger charge is 2.23. The Balaban J connectivity index is 2.26. The summed E-state index contributed by atoms with van der Waals surface area (Å²) in [5.74, 6) is 1.18. The van der Waals surface area contributed by atoms with E-state index in [2.05, 4.69) is 59.2 Å². The summed E-state index contributed by atoms with van der Waals surface area (Å²) in [5, 5.41) is 3.27. The molecule has 0 fully saturated rings. The molecule has 108 valence electrons. The summed E-state index contributed by atoms with van der Waals surface area (Å²) in [4.78, 5) is 9.23. The molecule has 21 heavy (non-hydrogen) atoms. The van der Waals surface area contributed by atoms with Gasteiger partial charge in [-0.3, -0.25) is 0 Å². The molecule has 0 atom stereocenters. The monoisotopic (exact) mass is 361 g/mol. The summed E-state index contributed by atoms with van der Waals surface area (Å²) in [5.41, 5.74) is 7.95. The molecule has 0 aliphatic carbocycles. The number of nitrogens with two attached hydrogens (primary N) is 1. The van der Waals surface area contributed by atoms with Gasteiger partial charge < -0.3 is 5.73 Å². The molecule has 5 heteroatoms. The number of benzene rings is 1. The van der Waals surface area contributed by atoms with Crippen molar-refractivity contribution >= 4 is 43.2 Å². The van der Waals surface area contributed by atoms with E-state index in [9.17, 15) is 0 Å². The Kier molecular flexibility index (Phi) is 3.50. The quantitative estimate of drug-likeness (QED) is 0.663. The number of rotatable bonds is 1. The van der Waals surface area contributed by atoms with Crippen LogP contribution in [-0.2, 0) is 5.41 Å². The van der Waals surface area contributed by atoms with Crippen LogP contribution in [-0.4, -0.2) is 9.97 Å². The summed E-state index contributed by atoms with van der Waals surface area (Å²) in [6.45, 7) is 6.36. The molecule has 2 N–H and O–H groups in total. The van der Waals surface area contributed by atoms with Crippen LogP contribution in [0.15, 0.2) is 34.1 Å². The normalized spacial score (nSPS) is 12.0. The van der Waals surface area contributed by atoms with Crippen LogP contribution >= 0.6 is 27.3 Å².